The fraction of sp³-hybridized carbons (Fsp3) is 0.222. The minimum Gasteiger partial charge on any atom is -0.490 e. The first-order valence-corrected chi connectivity index (χ1v) is 7.56. The van der Waals surface area contributed by atoms with Crippen molar-refractivity contribution < 1.29 is 23.1 Å². The lowest BCUT2D eigenvalue weighted by Gasteiger charge is -2.09. The molecule has 0 saturated heterocycles. The van der Waals surface area contributed by atoms with Gasteiger partial charge in [-0.05, 0) is 12.1 Å². The molecule has 0 spiro atoms. The van der Waals surface area contributed by atoms with Gasteiger partial charge in [0.25, 0.3) is 9.05 Å². The van der Waals surface area contributed by atoms with Crippen LogP contribution < -0.4 is 4.74 Å². The molecular weight excluding hydrogens is 327 g/mol. The Labute approximate surface area is 118 Å². The van der Waals surface area contributed by atoms with Crippen LogP contribution in [0.15, 0.2) is 17.0 Å². The van der Waals surface area contributed by atoms with Crippen LogP contribution in [0.2, 0.25) is 10.0 Å². The van der Waals surface area contributed by atoms with Crippen molar-refractivity contribution >= 4 is 48.9 Å². The van der Waals surface area contributed by atoms with Gasteiger partial charge in [-0.25, -0.2) is 8.42 Å². The number of halogens is 3. The zero-order valence-corrected chi connectivity index (χ0v) is 11.8. The summed E-state index contributed by atoms with van der Waals surface area (Å²) in [6.07, 6.45) is -0.234. The summed E-state index contributed by atoms with van der Waals surface area (Å²) in [5.74, 6) is -1.02. The molecule has 0 aliphatic carbocycles. The Balaban J connectivity index is 2.99. The van der Waals surface area contributed by atoms with Crippen molar-refractivity contribution in [1.29, 1.82) is 0 Å². The van der Waals surface area contributed by atoms with Gasteiger partial charge in [-0.15, -0.1) is 0 Å². The predicted molar refractivity (Wildman–Crippen MR) is 67.2 cm³/mol. The van der Waals surface area contributed by atoms with Crippen LogP contribution in [0.5, 0.6) is 5.75 Å². The third kappa shape index (κ3) is 4.20. The van der Waals surface area contributed by atoms with E-state index in [1.165, 1.54) is 0 Å². The summed E-state index contributed by atoms with van der Waals surface area (Å²) in [5, 5.41) is 8.31. The molecule has 18 heavy (non-hydrogen) atoms. The first-order chi connectivity index (χ1) is 8.21. The molecule has 100 valence electrons. The third-order valence-corrected chi connectivity index (χ3v) is 3.71. The van der Waals surface area contributed by atoms with Gasteiger partial charge >= 0.3 is 5.97 Å². The van der Waals surface area contributed by atoms with E-state index in [0.717, 1.165) is 12.1 Å². The summed E-state index contributed by atoms with van der Waals surface area (Å²) in [7, 11) is 1.19. The van der Waals surface area contributed by atoms with Gasteiger partial charge in [-0.2, -0.15) is 0 Å². The first kappa shape index (κ1) is 15.4. The summed E-state index contributed by atoms with van der Waals surface area (Å²) in [6.45, 7) is -0.137. The number of hydrogen-bond donors (Lipinski definition) is 1. The fourth-order valence-corrected chi connectivity index (χ4v) is 2.57. The number of rotatable bonds is 5. The second-order valence-corrected chi connectivity index (χ2v) is 6.53. The number of aliphatic carboxylic acids is 1. The second-order valence-electron chi connectivity index (χ2n) is 3.15. The minimum atomic E-state index is -3.94. The number of carboxylic acids is 1. The average Bonchev–Trinajstić information content (AvgIpc) is 2.20. The molecular formula is C9H7Cl3O5S. The summed E-state index contributed by atoms with van der Waals surface area (Å²) in [6, 6.07) is 2.15. The Morgan fingerprint density at radius 2 is 1.78 bits per heavy atom. The molecule has 0 saturated carbocycles. The van der Waals surface area contributed by atoms with E-state index in [-0.39, 0.29) is 33.7 Å². The maximum Gasteiger partial charge on any atom is 0.306 e. The van der Waals surface area contributed by atoms with Crippen LogP contribution in [-0.4, -0.2) is 26.1 Å². The molecule has 9 heteroatoms. The molecule has 1 rings (SSSR count). The van der Waals surface area contributed by atoms with E-state index < -0.39 is 15.0 Å². The van der Waals surface area contributed by atoms with Crippen LogP contribution in [0.1, 0.15) is 6.42 Å². The molecule has 1 aromatic carbocycles. The molecule has 0 aromatic heterocycles. The molecule has 0 unspecified atom stereocenters. The van der Waals surface area contributed by atoms with Gasteiger partial charge in [0.2, 0.25) is 0 Å². The summed E-state index contributed by atoms with van der Waals surface area (Å²) in [5.41, 5.74) is 0. The van der Waals surface area contributed by atoms with Crippen LogP contribution in [0.25, 0.3) is 0 Å². The summed E-state index contributed by atoms with van der Waals surface area (Å²) >= 11 is 11.6. The Kier molecular flexibility index (Phi) is 5.10. The van der Waals surface area contributed by atoms with Gasteiger partial charge in [0, 0.05) is 10.7 Å². The molecule has 0 atom stereocenters. The monoisotopic (exact) mass is 332 g/mol. The molecule has 0 aliphatic rings. The van der Waals surface area contributed by atoms with E-state index in [2.05, 4.69) is 0 Å². The largest absolute Gasteiger partial charge is 0.490 e. The zero-order chi connectivity index (χ0) is 13.9. The van der Waals surface area contributed by atoms with E-state index in [9.17, 15) is 13.2 Å². The summed E-state index contributed by atoms with van der Waals surface area (Å²) in [4.78, 5) is 10.0. The van der Waals surface area contributed by atoms with Crippen molar-refractivity contribution in [3.8, 4) is 5.75 Å². The van der Waals surface area contributed by atoms with Crippen LogP contribution in [-0.2, 0) is 13.8 Å². The van der Waals surface area contributed by atoms with Crippen LogP contribution >= 0.6 is 33.9 Å². The van der Waals surface area contributed by atoms with Crippen molar-refractivity contribution in [1.82, 2.24) is 0 Å². The van der Waals surface area contributed by atoms with Gasteiger partial charge < -0.3 is 9.84 Å². The van der Waals surface area contributed by atoms with E-state index >= 15 is 0 Å². The van der Waals surface area contributed by atoms with E-state index in [1.54, 1.807) is 0 Å². The lowest BCUT2D eigenvalue weighted by atomic mass is 10.3. The number of carbonyl (C=O) groups is 1. The van der Waals surface area contributed by atoms with Gasteiger partial charge in [0.15, 0.2) is 5.75 Å². The second kappa shape index (κ2) is 5.97. The lowest BCUT2D eigenvalue weighted by molar-refractivity contribution is -0.137. The molecule has 5 nitrogen and oxygen atoms in total. The van der Waals surface area contributed by atoms with Crippen molar-refractivity contribution in [2.24, 2.45) is 0 Å². The molecule has 0 fully saturated rings. The maximum atomic E-state index is 11.1. The van der Waals surface area contributed by atoms with Gasteiger partial charge in [-0.3, -0.25) is 4.79 Å². The number of benzene rings is 1. The van der Waals surface area contributed by atoms with Crippen molar-refractivity contribution in [3.05, 3.63) is 22.2 Å². The average molecular weight is 334 g/mol. The van der Waals surface area contributed by atoms with Crippen molar-refractivity contribution in [3.63, 3.8) is 0 Å². The Bertz CT molecular complexity index is 547. The topological polar surface area (TPSA) is 80.7 Å². The van der Waals surface area contributed by atoms with Crippen molar-refractivity contribution in [2.45, 2.75) is 11.3 Å². The molecule has 0 heterocycles. The van der Waals surface area contributed by atoms with Crippen LogP contribution in [0.3, 0.4) is 0 Å². The predicted octanol–water partition coefficient (Wildman–Crippen LogP) is 2.77. The quantitative estimate of drug-likeness (QED) is 0.838. The van der Waals surface area contributed by atoms with Gasteiger partial charge in [0.1, 0.15) is 0 Å². The first-order valence-electron chi connectivity index (χ1n) is 4.50. The molecule has 0 radical (unpaired) electrons. The molecule has 1 N–H and O–H groups in total. The normalized spacial score (nSPS) is 11.3. The number of hydrogen-bond acceptors (Lipinski definition) is 4. The van der Waals surface area contributed by atoms with Crippen molar-refractivity contribution in [2.75, 3.05) is 6.61 Å². The molecule has 1 aromatic rings. The van der Waals surface area contributed by atoms with Gasteiger partial charge in [-0.1, -0.05) is 23.2 Å². The standard InChI is InChI=1S/C9H7Cl3O5S/c10-6-3-5(18(12,15)16)4-7(11)9(6)17-2-1-8(13)14/h3-4H,1-2H2,(H,13,14). The SMILES string of the molecule is O=C(O)CCOc1c(Cl)cc(S(=O)(=O)Cl)cc1Cl. The zero-order valence-electron chi connectivity index (χ0n) is 8.69. The highest BCUT2D eigenvalue weighted by molar-refractivity contribution is 8.13. The fourth-order valence-electron chi connectivity index (χ4n) is 1.06. The molecule has 0 bridgehead atoms. The molecule has 0 amide bonds. The van der Waals surface area contributed by atoms with Crippen LogP contribution in [0.4, 0.5) is 0 Å². The number of carboxylic acid groups (broad SMARTS) is 1. The Morgan fingerprint density at radius 3 is 2.17 bits per heavy atom. The smallest absolute Gasteiger partial charge is 0.306 e. The molecule has 0 aliphatic heterocycles. The number of ether oxygens (including phenoxy) is 1. The van der Waals surface area contributed by atoms with Gasteiger partial charge in [0.05, 0.1) is 28.0 Å². The highest BCUT2D eigenvalue weighted by atomic mass is 35.7. The minimum absolute atomic E-state index is 0.0173. The van der Waals surface area contributed by atoms with E-state index in [0.29, 0.717) is 0 Å². The highest BCUT2D eigenvalue weighted by Gasteiger charge is 2.17. The lowest BCUT2D eigenvalue weighted by Crippen LogP contribution is -2.05. The van der Waals surface area contributed by atoms with Crippen LogP contribution in [0, 0.1) is 0 Å². The highest BCUT2D eigenvalue weighted by Crippen LogP contribution is 2.36. The Hall–Kier alpha value is -0.690. The van der Waals surface area contributed by atoms with E-state index in [1.807, 2.05) is 0 Å². The third-order valence-electron chi connectivity index (χ3n) is 1.82. The summed E-state index contributed by atoms with van der Waals surface area (Å²) < 4.78 is 27.2. The maximum absolute atomic E-state index is 11.1. The van der Waals surface area contributed by atoms with E-state index in [4.69, 9.17) is 43.7 Å². The Morgan fingerprint density at radius 1 is 1.28 bits per heavy atom.